The Morgan fingerprint density at radius 1 is 0.758 bits per heavy atom. The summed E-state index contributed by atoms with van der Waals surface area (Å²) in [4.78, 5) is 13.2. The SMILES string of the molecule is COc1ccc(/C=C(/C(=O)NCCc2ccc(OC)c(OC)c2)c2ccc(OC)cc2)cc1. The number of methoxy groups -OCH3 is 4. The first-order chi connectivity index (χ1) is 16.1. The molecule has 6 heteroatoms. The van der Waals surface area contributed by atoms with Crippen LogP contribution in [0.2, 0.25) is 0 Å². The lowest BCUT2D eigenvalue weighted by Gasteiger charge is -2.12. The molecule has 0 saturated carbocycles. The lowest BCUT2D eigenvalue weighted by molar-refractivity contribution is -0.115. The van der Waals surface area contributed by atoms with Crippen molar-refractivity contribution in [2.75, 3.05) is 35.0 Å². The highest BCUT2D eigenvalue weighted by atomic mass is 16.5. The molecule has 1 amide bonds. The van der Waals surface area contributed by atoms with E-state index in [0.29, 0.717) is 30.0 Å². The van der Waals surface area contributed by atoms with E-state index in [-0.39, 0.29) is 5.91 Å². The molecule has 33 heavy (non-hydrogen) atoms. The number of rotatable bonds is 10. The standard InChI is InChI=1S/C27H29NO5/c1-30-22-10-5-19(6-11-22)17-24(21-8-12-23(31-2)13-9-21)27(29)28-16-15-20-7-14-25(32-3)26(18-20)33-4/h5-14,17-18H,15-16H2,1-4H3,(H,28,29)/b24-17+. The van der Waals surface area contributed by atoms with Gasteiger partial charge in [0.25, 0.3) is 5.91 Å². The van der Waals surface area contributed by atoms with E-state index in [2.05, 4.69) is 5.32 Å². The summed E-state index contributed by atoms with van der Waals surface area (Å²) in [5.74, 6) is 2.68. The Morgan fingerprint density at radius 3 is 1.94 bits per heavy atom. The maximum Gasteiger partial charge on any atom is 0.251 e. The number of nitrogens with one attached hydrogen (secondary N) is 1. The number of amides is 1. The number of ether oxygens (including phenoxy) is 4. The van der Waals surface area contributed by atoms with Crippen LogP contribution in [0, 0.1) is 0 Å². The predicted molar refractivity (Wildman–Crippen MR) is 130 cm³/mol. The van der Waals surface area contributed by atoms with Crippen molar-refractivity contribution in [2.24, 2.45) is 0 Å². The Morgan fingerprint density at radius 2 is 1.36 bits per heavy atom. The van der Waals surface area contributed by atoms with Gasteiger partial charge in [0.15, 0.2) is 11.5 Å². The minimum absolute atomic E-state index is 0.156. The Balaban J connectivity index is 1.77. The molecule has 0 atom stereocenters. The average Bonchev–Trinajstić information content (AvgIpc) is 2.87. The van der Waals surface area contributed by atoms with Crippen molar-refractivity contribution < 1.29 is 23.7 Å². The highest BCUT2D eigenvalue weighted by Crippen LogP contribution is 2.28. The zero-order valence-electron chi connectivity index (χ0n) is 19.4. The third-order valence-electron chi connectivity index (χ3n) is 5.22. The molecule has 0 radical (unpaired) electrons. The van der Waals surface area contributed by atoms with Crippen LogP contribution in [0.25, 0.3) is 11.6 Å². The molecule has 0 spiro atoms. The topological polar surface area (TPSA) is 66.0 Å². The van der Waals surface area contributed by atoms with Gasteiger partial charge in [0.2, 0.25) is 0 Å². The fourth-order valence-electron chi connectivity index (χ4n) is 3.37. The monoisotopic (exact) mass is 447 g/mol. The third-order valence-corrected chi connectivity index (χ3v) is 5.22. The van der Waals surface area contributed by atoms with Crippen molar-refractivity contribution in [3.63, 3.8) is 0 Å². The van der Waals surface area contributed by atoms with E-state index in [1.807, 2.05) is 72.8 Å². The fraction of sp³-hybridized carbons (Fsp3) is 0.222. The third kappa shape index (κ3) is 6.29. The second-order valence-electron chi connectivity index (χ2n) is 7.25. The molecule has 0 fully saturated rings. The Kier molecular flexibility index (Phi) is 8.36. The highest BCUT2D eigenvalue weighted by Gasteiger charge is 2.13. The van der Waals surface area contributed by atoms with E-state index in [1.54, 1.807) is 28.4 Å². The molecule has 0 aliphatic carbocycles. The first kappa shape index (κ1) is 23.7. The summed E-state index contributed by atoms with van der Waals surface area (Å²) in [6.45, 7) is 0.477. The summed E-state index contributed by atoms with van der Waals surface area (Å²) in [6.07, 6.45) is 2.53. The second-order valence-corrected chi connectivity index (χ2v) is 7.25. The van der Waals surface area contributed by atoms with Crippen LogP contribution in [0.3, 0.4) is 0 Å². The van der Waals surface area contributed by atoms with Crippen molar-refractivity contribution in [1.29, 1.82) is 0 Å². The lowest BCUT2D eigenvalue weighted by Crippen LogP contribution is -2.26. The number of carbonyl (C=O) groups is 1. The number of carbonyl (C=O) groups excluding carboxylic acids is 1. The fourth-order valence-corrected chi connectivity index (χ4v) is 3.37. The van der Waals surface area contributed by atoms with Crippen molar-refractivity contribution in [3.05, 3.63) is 83.4 Å². The quantitative estimate of drug-likeness (QED) is 0.363. The maximum absolute atomic E-state index is 13.2. The second kappa shape index (κ2) is 11.6. The van der Waals surface area contributed by atoms with E-state index >= 15 is 0 Å². The molecule has 3 aromatic rings. The largest absolute Gasteiger partial charge is 0.497 e. The molecule has 0 saturated heterocycles. The molecule has 0 aromatic heterocycles. The number of hydrogen-bond acceptors (Lipinski definition) is 5. The van der Waals surface area contributed by atoms with Gasteiger partial charge in [-0.15, -0.1) is 0 Å². The first-order valence-corrected chi connectivity index (χ1v) is 10.6. The van der Waals surface area contributed by atoms with Crippen molar-refractivity contribution >= 4 is 17.6 Å². The molecule has 172 valence electrons. The van der Waals surface area contributed by atoms with Crippen LogP contribution in [0.5, 0.6) is 23.0 Å². The van der Waals surface area contributed by atoms with Gasteiger partial charge in [0.1, 0.15) is 11.5 Å². The van der Waals surface area contributed by atoms with Crippen molar-refractivity contribution in [1.82, 2.24) is 5.32 Å². The molecule has 0 bridgehead atoms. The molecule has 0 heterocycles. The molecule has 0 unspecified atom stereocenters. The zero-order chi connectivity index (χ0) is 23.6. The van der Waals surface area contributed by atoms with Gasteiger partial charge in [0.05, 0.1) is 28.4 Å². The van der Waals surface area contributed by atoms with Crippen LogP contribution in [0.1, 0.15) is 16.7 Å². The average molecular weight is 448 g/mol. The summed E-state index contributed by atoms with van der Waals surface area (Å²) < 4.78 is 21.1. The Bertz CT molecular complexity index is 1090. The number of hydrogen-bond donors (Lipinski definition) is 1. The Hall–Kier alpha value is -3.93. The van der Waals surface area contributed by atoms with Crippen LogP contribution in [-0.4, -0.2) is 40.9 Å². The molecule has 6 nitrogen and oxygen atoms in total. The van der Waals surface area contributed by atoms with E-state index in [4.69, 9.17) is 18.9 Å². The maximum atomic E-state index is 13.2. The minimum Gasteiger partial charge on any atom is -0.497 e. The number of benzene rings is 3. The molecule has 0 aliphatic heterocycles. The van der Waals surface area contributed by atoms with Crippen LogP contribution < -0.4 is 24.3 Å². The van der Waals surface area contributed by atoms with Crippen molar-refractivity contribution in [3.8, 4) is 23.0 Å². The van der Waals surface area contributed by atoms with Gasteiger partial charge in [-0.3, -0.25) is 4.79 Å². The van der Waals surface area contributed by atoms with Gasteiger partial charge in [-0.2, -0.15) is 0 Å². The molecule has 0 aliphatic rings. The van der Waals surface area contributed by atoms with Crippen LogP contribution in [0.15, 0.2) is 66.7 Å². The smallest absolute Gasteiger partial charge is 0.251 e. The molecule has 3 rings (SSSR count). The Labute approximate surface area is 194 Å². The summed E-state index contributed by atoms with van der Waals surface area (Å²) in [6, 6.07) is 20.7. The van der Waals surface area contributed by atoms with Crippen LogP contribution >= 0.6 is 0 Å². The lowest BCUT2D eigenvalue weighted by atomic mass is 10.0. The summed E-state index contributed by atoms with van der Waals surface area (Å²) >= 11 is 0. The molecular weight excluding hydrogens is 418 g/mol. The van der Waals surface area contributed by atoms with Gasteiger partial charge in [0, 0.05) is 12.1 Å². The summed E-state index contributed by atoms with van der Waals surface area (Å²) in [5, 5.41) is 3.03. The molecular formula is C27H29NO5. The van der Waals surface area contributed by atoms with Crippen LogP contribution in [0.4, 0.5) is 0 Å². The predicted octanol–water partition coefficient (Wildman–Crippen LogP) is 4.62. The van der Waals surface area contributed by atoms with E-state index in [0.717, 1.165) is 28.2 Å². The highest BCUT2D eigenvalue weighted by molar-refractivity contribution is 6.24. The van der Waals surface area contributed by atoms with Gasteiger partial charge in [-0.1, -0.05) is 30.3 Å². The minimum atomic E-state index is -0.156. The molecule has 3 aromatic carbocycles. The van der Waals surface area contributed by atoms with Crippen LogP contribution in [-0.2, 0) is 11.2 Å². The van der Waals surface area contributed by atoms with E-state index < -0.39 is 0 Å². The first-order valence-electron chi connectivity index (χ1n) is 10.6. The van der Waals surface area contributed by atoms with E-state index in [1.165, 1.54) is 0 Å². The van der Waals surface area contributed by atoms with Gasteiger partial charge < -0.3 is 24.3 Å². The summed E-state index contributed by atoms with van der Waals surface area (Å²) in [5.41, 5.74) is 3.31. The van der Waals surface area contributed by atoms with Gasteiger partial charge in [-0.25, -0.2) is 0 Å². The van der Waals surface area contributed by atoms with Gasteiger partial charge >= 0.3 is 0 Å². The summed E-state index contributed by atoms with van der Waals surface area (Å²) in [7, 11) is 6.45. The molecule has 1 N–H and O–H groups in total. The van der Waals surface area contributed by atoms with E-state index in [9.17, 15) is 4.79 Å². The zero-order valence-corrected chi connectivity index (χ0v) is 19.4. The normalized spacial score (nSPS) is 11.0. The van der Waals surface area contributed by atoms with Crippen molar-refractivity contribution in [2.45, 2.75) is 6.42 Å². The van der Waals surface area contributed by atoms with Gasteiger partial charge in [-0.05, 0) is 65.6 Å².